The van der Waals surface area contributed by atoms with Crippen LogP contribution in [0, 0.1) is 5.41 Å². The monoisotopic (exact) mass is 275 g/mol. The average molecular weight is 275 g/mol. The Labute approximate surface area is 114 Å². The molecule has 0 saturated heterocycles. The van der Waals surface area contributed by atoms with Gasteiger partial charge in [-0.15, -0.1) is 0 Å². The topological polar surface area (TPSA) is 26.3 Å². The van der Waals surface area contributed by atoms with E-state index in [0.29, 0.717) is 5.52 Å². The molecule has 0 aliphatic heterocycles. The van der Waals surface area contributed by atoms with Crippen LogP contribution in [0.5, 0.6) is 0 Å². The Bertz CT molecular complexity index is 303. The van der Waals surface area contributed by atoms with E-state index in [1.165, 1.54) is 0 Å². The fourth-order valence-electron chi connectivity index (χ4n) is 2.79. The van der Waals surface area contributed by atoms with Gasteiger partial charge in [-0.1, -0.05) is 0 Å². The molecule has 0 unspecified atom stereocenters. The minimum Gasteiger partial charge on any atom is -0.366 e. The molecule has 0 aliphatic carbocycles. The maximum atomic E-state index is 12.5. The summed E-state index contributed by atoms with van der Waals surface area (Å²) in [6.45, 7) is 20.7. The van der Waals surface area contributed by atoms with Gasteiger partial charge in [-0.25, -0.2) is 0 Å². The maximum absolute atomic E-state index is 12.5. The Balaban J connectivity index is 4.92. The second-order valence-corrected chi connectivity index (χ2v) is 12.5. The van der Waals surface area contributed by atoms with Crippen LogP contribution in [0.4, 0.5) is 0 Å². The summed E-state index contributed by atoms with van der Waals surface area (Å²) in [7, 11) is -1.63. The largest absolute Gasteiger partial charge is 0.366 e. The smallest absolute Gasteiger partial charge is 0.272 e. The lowest BCUT2D eigenvalue weighted by atomic mass is 9.99. The van der Waals surface area contributed by atoms with Crippen molar-refractivity contribution < 1.29 is 9.53 Å². The summed E-state index contributed by atoms with van der Waals surface area (Å²) in [4.78, 5) is 12.5. The van der Waals surface area contributed by atoms with Crippen molar-refractivity contribution in [2.75, 3.05) is 19.5 Å². The number of carbonyl (C=O) groups is 1. The van der Waals surface area contributed by atoms with Gasteiger partial charge in [0.2, 0.25) is 0 Å². The first-order valence-electron chi connectivity index (χ1n) is 6.65. The van der Waals surface area contributed by atoms with Crippen molar-refractivity contribution >= 4 is 12.8 Å². The van der Waals surface area contributed by atoms with Crippen LogP contribution < -0.4 is 0 Å². The molecule has 0 N–H and O–H groups in total. The Morgan fingerprint density at radius 1 is 0.944 bits per heavy atom. The Hall–Kier alpha value is 0.0600. The van der Waals surface area contributed by atoms with Gasteiger partial charge in [0.25, 0.3) is 5.52 Å². The summed E-state index contributed by atoms with van der Waals surface area (Å²) in [5.74, 6) is 0. The Morgan fingerprint density at radius 3 is 1.61 bits per heavy atom. The van der Waals surface area contributed by atoms with Gasteiger partial charge in [-0.3, -0.25) is 4.79 Å². The Kier molecular flexibility index (Phi) is 5.23. The summed E-state index contributed by atoms with van der Waals surface area (Å²) in [5, 5.41) is 0. The molecule has 0 bridgehead atoms. The van der Waals surface area contributed by atoms with E-state index in [1.807, 2.05) is 20.8 Å². The molecule has 0 aromatic rings. The van der Waals surface area contributed by atoms with E-state index in [2.05, 4.69) is 47.9 Å². The van der Waals surface area contributed by atoms with Crippen LogP contribution in [0.1, 0.15) is 55.4 Å². The predicted molar refractivity (Wildman–Crippen MR) is 83.0 cm³/mol. The minimum atomic E-state index is -1.63. The summed E-state index contributed by atoms with van der Waals surface area (Å²) in [6.07, 6.45) is 0.841. The highest BCUT2D eigenvalue weighted by atomic mass is 31.2. The molecule has 3 heteroatoms. The highest BCUT2D eigenvalue weighted by Gasteiger charge is 2.47. The van der Waals surface area contributed by atoms with Gasteiger partial charge in [-0.2, -0.15) is 0 Å². The molecule has 0 saturated carbocycles. The second-order valence-electron chi connectivity index (χ2n) is 8.37. The molecule has 108 valence electrons. The van der Waals surface area contributed by atoms with Gasteiger partial charge in [0, 0.05) is 0 Å². The lowest BCUT2D eigenvalue weighted by Crippen LogP contribution is -2.40. The number of carbonyl (C=O) groups excluding carboxylic acids is 1. The van der Waals surface area contributed by atoms with Crippen molar-refractivity contribution in [3.63, 3.8) is 0 Å². The fourth-order valence-corrected chi connectivity index (χ4v) is 6.72. The van der Waals surface area contributed by atoms with E-state index in [0.717, 1.165) is 6.16 Å². The van der Waals surface area contributed by atoms with E-state index >= 15 is 0 Å². The molecule has 0 spiro atoms. The third-order valence-corrected chi connectivity index (χ3v) is 5.87. The molecule has 18 heavy (non-hydrogen) atoms. The standard InChI is InChI=1S/C15H32O2P/c1-13(2,3)12(16)18(9,10)11-15(7,8)17-14(4,5)6/h11H2,1-10H3/q+1. The first-order valence-corrected chi connectivity index (χ1v) is 9.52. The maximum Gasteiger partial charge on any atom is 0.272 e. The van der Waals surface area contributed by atoms with E-state index in [4.69, 9.17) is 4.74 Å². The molecule has 0 fully saturated rings. The van der Waals surface area contributed by atoms with Crippen molar-refractivity contribution in [2.24, 2.45) is 5.41 Å². The second kappa shape index (κ2) is 5.21. The van der Waals surface area contributed by atoms with E-state index < -0.39 is 7.26 Å². The lowest BCUT2D eigenvalue weighted by Gasteiger charge is -2.36. The third kappa shape index (κ3) is 6.29. The average Bonchev–Trinajstić information content (AvgIpc) is 1.93. The quantitative estimate of drug-likeness (QED) is 0.709. The van der Waals surface area contributed by atoms with Crippen LogP contribution in [0.2, 0.25) is 0 Å². The summed E-state index contributed by atoms with van der Waals surface area (Å²) in [5.41, 5.74) is -0.277. The molecular formula is C15H32O2P+. The van der Waals surface area contributed by atoms with Crippen molar-refractivity contribution in [3.8, 4) is 0 Å². The summed E-state index contributed by atoms with van der Waals surface area (Å²) < 4.78 is 6.10. The molecule has 0 aromatic carbocycles. The van der Waals surface area contributed by atoms with Crippen LogP contribution in [-0.4, -0.2) is 36.2 Å². The number of rotatable bonds is 4. The highest BCUT2D eigenvalue weighted by molar-refractivity contribution is 7.90. The summed E-state index contributed by atoms with van der Waals surface area (Å²) in [6, 6.07) is 0. The van der Waals surface area contributed by atoms with Crippen molar-refractivity contribution in [1.29, 1.82) is 0 Å². The van der Waals surface area contributed by atoms with Crippen LogP contribution in [0.15, 0.2) is 0 Å². The molecule has 2 nitrogen and oxygen atoms in total. The van der Waals surface area contributed by atoms with E-state index in [9.17, 15) is 4.79 Å². The molecule has 0 heterocycles. The van der Waals surface area contributed by atoms with Gasteiger partial charge in [0.1, 0.15) is 0 Å². The fraction of sp³-hybridized carbons (Fsp3) is 0.933. The van der Waals surface area contributed by atoms with Crippen LogP contribution in [-0.2, 0) is 9.53 Å². The molecule has 0 atom stereocenters. The SMILES string of the molecule is CC(C)(C)OC(C)(C)C[P+](C)(C)C(=O)C(C)(C)C. The van der Waals surface area contributed by atoms with Gasteiger partial charge in [0.05, 0.1) is 43.4 Å². The van der Waals surface area contributed by atoms with Crippen molar-refractivity contribution in [1.82, 2.24) is 0 Å². The van der Waals surface area contributed by atoms with Crippen molar-refractivity contribution in [2.45, 2.75) is 66.6 Å². The van der Waals surface area contributed by atoms with Crippen molar-refractivity contribution in [3.05, 3.63) is 0 Å². The zero-order valence-electron chi connectivity index (χ0n) is 14.0. The normalized spacial score (nSPS) is 14.8. The number of ether oxygens (including phenoxy) is 1. The van der Waals surface area contributed by atoms with Gasteiger partial charge >= 0.3 is 0 Å². The minimum absolute atomic E-state index is 0.172. The third-order valence-electron chi connectivity index (χ3n) is 2.55. The summed E-state index contributed by atoms with van der Waals surface area (Å²) >= 11 is 0. The predicted octanol–water partition coefficient (Wildman–Crippen LogP) is 4.43. The Morgan fingerprint density at radius 2 is 1.33 bits per heavy atom. The van der Waals surface area contributed by atoms with Crippen LogP contribution in [0.25, 0.3) is 0 Å². The van der Waals surface area contributed by atoms with Gasteiger partial charge < -0.3 is 4.74 Å². The molecule has 0 aromatic heterocycles. The lowest BCUT2D eigenvalue weighted by molar-refractivity contribution is -0.119. The number of hydrogen-bond donors (Lipinski definition) is 0. The molecule has 0 rings (SSSR count). The zero-order chi connectivity index (χ0) is 15.0. The number of hydrogen-bond acceptors (Lipinski definition) is 2. The first kappa shape index (κ1) is 18.1. The van der Waals surface area contributed by atoms with Gasteiger partial charge in [0.15, 0.2) is 0 Å². The highest BCUT2D eigenvalue weighted by Crippen LogP contribution is 2.58. The first-order chi connectivity index (χ1) is 7.57. The molecule has 0 amide bonds. The van der Waals surface area contributed by atoms with E-state index in [1.54, 1.807) is 0 Å². The van der Waals surface area contributed by atoms with Crippen LogP contribution >= 0.6 is 7.26 Å². The van der Waals surface area contributed by atoms with Gasteiger partial charge in [-0.05, 0) is 55.4 Å². The van der Waals surface area contributed by atoms with Crippen LogP contribution in [0.3, 0.4) is 0 Å². The molecule has 0 aliphatic rings. The van der Waals surface area contributed by atoms with E-state index in [-0.39, 0.29) is 16.6 Å². The molecular weight excluding hydrogens is 243 g/mol. The molecule has 0 radical (unpaired) electrons. The zero-order valence-corrected chi connectivity index (χ0v) is 14.9.